The lowest BCUT2D eigenvalue weighted by Gasteiger charge is -2.14. The van der Waals surface area contributed by atoms with Crippen LogP contribution in [0.15, 0.2) is 22.7 Å². The third-order valence-electron chi connectivity index (χ3n) is 3.48. The lowest BCUT2D eigenvalue weighted by Crippen LogP contribution is -2.32. The van der Waals surface area contributed by atoms with Gasteiger partial charge in [-0.15, -0.1) is 0 Å². The number of hydrogen-bond donors (Lipinski definition) is 1. The minimum Gasteiger partial charge on any atom is -0.442 e. The number of halogens is 1. The molecule has 9 heteroatoms. The minimum atomic E-state index is -0.415. The Balaban J connectivity index is 1.77. The molecule has 0 bridgehead atoms. The van der Waals surface area contributed by atoms with E-state index >= 15 is 0 Å². The SMILES string of the molecule is CC(=S)NCC1CN(c2ccc(-c3nc(C)no3)c(Cl)c2)C(=O)O1. The molecular weight excluding hydrogens is 352 g/mol. The number of carbonyl (C=O) groups is 1. The maximum atomic E-state index is 12.1. The van der Waals surface area contributed by atoms with Crippen molar-refractivity contribution >= 4 is 40.6 Å². The van der Waals surface area contributed by atoms with E-state index in [9.17, 15) is 4.79 Å². The number of carbonyl (C=O) groups excluding carboxylic acids is 1. The number of nitrogens with one attached hydrogen (secondary N) is 1. The van der Waals surface area contributed by atoms with Crippen molar-refractivity contribution in [3.63, 3.8) is 0 Å². The number of amides is 1. The van der Waals surface area contributed by atoms with E-state index in [1.807, 2.05) is 0 Å². The average Bonchev–Trinajstić information content (AvgIpc) is 3.11. The van der Waals surface area contributed by atoms with Crippen LogP contribution in [0, 0.1) is 6.92 Å². The Kier molecular flexibility index (Phi) is 4.68. The van der Waals surface area contributed by atoms with Crippen LogP contribution in [0.5, 0.6) is 0 Å². The molecule has 1 amide bonds. The molecule has 1 aliphatic rings. The van der Waals surface area contributed by atoms with Crippen molar-refractivity contribution in [3.05, 3.63) is 29.0 Å². The van der Waals surface area contributed by atoms with Crippen LogP contribution in [0.25, 0.3) is 11.5 Å². The largest absolute Gasteiger partial charge is 0.442 e. The first-order chi connectivity index (χ1) is 11.4. The number of hydrogen-bond acceptors (Lipinski definition) is 6. The van der Waals surface area contributed by atoms with Crippen molar-refractivity contribution in [2.45, 2.75) is 20.0 Å². The summed E-state index contributed by atoms with van der Waals surface area (Å²) in [5.74, 6) is 0.865. The molecule has 0 radical (unpaired) electrons. The quantitative estimate of drug-likeness (QED) is 0.833. The summed E-state index contributed by atoms with van der Waals surface area (Å²) < 4.78 is 10.4. The molecule has 24 heavy (non-hydrogen) atoms. The van der Waals surface area contributed by atoms with Crippen molar-refractivity contribution in [1.29, 1.82) is 0 Å². The van der Waals surface area contributed by atoms with Crippen molar-refractivity contribution in [2.24, 2.45) is 0 Å². The van der Waals surface area contributed by atoms with Crippen LogP contribution in [0.3, 0.4) is 0 Å². The second-order valence-corrected chi connectivity index (χ2v) is 6.38. The standard InChI is InChI=1S/C15H15ClN4O3S/c1-8-18-14(23-19-8)12-4-3-10(5-13(12)16)20-7-11(22-15(20)21)6-17-9(2)24/h3-5,11H,6-7H2,1-2H3,(H,17,24). The second kappa shape index (κ2) is 6.74. The fraction of sp³-hybridized carbons (Fsp3) is 0.333. The third kappa shape index (κ3) is 3.49. The van der Waals surface area contributed by atoms with Gasteiger partial charge in [-0.05, 0) is 32.0 Å². The summed E-state index contributed by atoms with van der Waals surface area (Å²) in [4.78, 5) is 18.4. The van der Waals surface area contributed by atoms with Crippen LogP contribution in [-0.2, 0) is 4.74 Å². The number of aromatic nitrogens is 2. The molecule has 1 unspecified atom stereocenters. The van der Waals surface area contributed by atoms with Crippen LogP contribution in [0.1, 0.15) is 12.7 Å². The molecule has 1 fully saturated rings. The fourth-order valence-corrected chi connectivity index (χ4v) is 2.69. The molecule has 126 valence electrons. The molecule has 1 aromatic carbocycles. The summed E-state index contributed by atoms with van der Waals surface area (Å²) in [6.07, 6.45) is -0.686. The molecule has 1 atom stereocenters. The van der Waals surface area contributed by atoms with E-state index in [2.05, 4.69) is 15.5 Å². The number of aryl methyl sites for hydroxylation is 1. The van der Waals surface area contributed by atoms with Crippen LogP contribution in [0.2, 0.25) is 5.02 Å². The molecule has 1 aliphatic heterocycles. The van der Waals surface area contributed by atoms with Crippen LogP contribution in [-0.4, -0.2) is 40.4 Å². The Labute approximate surface area is 148 Å². The van der Waals surface area contributed by atoms with Gasteiger partial charge in [0, 0.05) is 5.69 Å². The molecule has 0 saturated carbocycles. The Morgan fingerprint density at radius 3 is 2.96 bits per heavy atom. The van der Waals surface area contributed by atoms with Crippen LogP contribution < -0.4 is 10.2 Å². The minimum absolute atomic E-state index is 0.271. The molecule has 7 nitrogen and oxygen atoms in total. The first-order valence-electron chi connectivity index (χ1n) is 7.27. The first kappa shape index (κ1) is 16.7. The van der Waals surface area contributed by atoms with Gasteiger partial charge in [0.15, 0.2) is 5.82 Å². The molecule has 0 spiro atoms. The Bertz CT molecular complexity index is 795. The van der Waals surface area contributed by atoms with Gasteiger partial charge < -0.3 is 14.6 Å². The summed E-state index contributed by atoms with van der Waals surface area (Å²) in [5.41, 5.74) is 1.26. The number of anilines is 1. The van der Waals surface area contributed by atoms with Crippen LogP contribution in [0.4, 0.5) is 10.5 Å². The van der Waals surface area contributed by atoms with Gasteiger partial charge in [-0.1, -0.05) is 29.0 Å². The fourth-order valence-electron chi connectivity index (χ4n) is 2.35. The highest BCUT2D eigenvalue weighted by molar-refractivity contribution is 7.80. The first-order valence-corrected chi connectivity index (χ1v) is 8.05. The summed E-state index contributed by atoms with van der Waals surface area (Å²) >= 11 is 11.3. The van der Waals surface area contributed by atoms with E-state index in [4.69, 9.17) is 33.1 Å². The Hall–Kier alpha value is -2.19. The number of ether oxygens (including phenoxy) is 1. The monoisotopic (exact) mass is 366 g/mol. The second-order valence-electron chi connectivity index (χ2n) is 5.36. The summed E-state index contributed by atoms with van der Waals surface area (Å²) in [5, 5.41) is 7.16. The molecular formula is C15H15ClN4O3S. The maximum absolute atomic E-state index is 12.1. The highest BCUT2D eigenvalue weighted by Gasteiger charge is 2.32. The smallest absolute Gasteiger partial charge is 0.414 e. The molecule has 1 N–H and O–H groups in total. The van der Waals surface area contributed by atoms with E-state index in [0.717, 1.165) is 0 Å². The summed E-state index contributed by atoms with van der Waals surface area (Å²) in [6.45, 7) is 4.40. The van der Waals surface area contributed by atoms with Gasteiger partial charge >= 0.3 is 6.09 Å². The maximum Gasteiger partial charge on any atom is 0.414 e. The molecule has 3 rings (SSSR count). The zero-order chi connectivity index (χ0) is 17.3. The van der Waals surface area contributed by atoms with Gasteiger partial charge in [0.1, 0.15) is 6.10 Å². The molecule has 0 aliphatic carbocycles. The summed E-state index contributed by atoms with van der Waals surface area (Å²) in [7, 11) is 0. The van der Waals surface area contributed by atoms with Crippen molar-refractivity contribution in [1.82, 2.24) is 15.5 Å². The molecule has 2 heterocycles. The van der Waals surface area contributed by atoms with Gasteiger partial charge in [-0.25, -0.2) is 4.79 Å². The van der Waals surface area contributed by atoms with Crippen molar-refractivity contribution in [3.8, 4) is 11.5 Å². The predicted molar refractivity (Wildman–Crippen MR) is 93.4 cm³/mol. The Morgan fingerprint density at radius 2 is 2.33 bits per heavy atom. The van der Waals surface area contributed by atoms with Gasteiger partial charge in [0.05, 0.1) is 28.7 Å². The number of rotatable bonds is 4. The van der Waals surface area contributed by atoms with E-state index in [0.29, 0.717) is 46.1 Å². The highest BCUT2D eigenvalue weighted by atomic mass is 35.5. The van der Waals surface area contributed by atoms with Crippen LogP contribution >= 0.6 is 23.8 Å². The zero-order valence-corrected chi connectivity index (χ0v) is 14.6. The van der Waals surface area contributed by atoms with Gasteiger partial charge in [-0.3, -0.25) is 4.90 Å². The van der Waals surface area contributed by atoms with E-state index in [1.54, 1.807) is 32.0 Å². The summed E-state index contributed by atoms with van der Waals surface area (Å²) in [6, 6.07) is 5.19. The lowest BCUT2D eigenvalue weighted by molar-refractivity contribution is 0.143. The molecule has 2 aromatic rings. The van der Waals surface area contributed by atoms with Gasteiger partial charge in [-0.2, -0.15) is 4.98 Å². The molecule has 1 saturated heterocycles. The zero-order valence-electron chi connectivity index (χ0n) is 13.1. The van der Waals surface area contributed by atoms with Crippen molar-refractivity contribution < 1.29 is 14.1 Å². The van der Waals surface area contributed by atoms with E-state index < -0.39 is 6.09 Å². The highest BCUT2D eigenvalue weighted by Crippen LogP contribution is 2.32. The van der Waals surface area contributed by atoms with E-state index in [1.165, 1.54) is 4.90 Å². The lowest BCUT2D eigenvalue weighted by atomic mass is 10.2. The van der Waals surface area contributed by atoms with E-state index in [-0.39, 0.29) is 6.10 Å². The number of nitrogens with zero attached hydrogens (tertiary/aromatic N) is 3. The topological polar surface area (TPSA) is 80.5 Å². The third-order valence-corrected chi connectivity index (χ3v) is 3.93. The number of thiocarbonyl (C=S) groups is 1. The van der Waals surface area contributed by atoms with Gasteiger partial charge in [0.2, 0.25) is 0 Å². The number of benzene rings is 1. The van der Waals surface area contributed by atoms with Gasteiger partial charge in [0.25, 0.3) is 5.89 Å². The van der Waals surface area contributed by atoms with Crippen molar-refractivity contribution in [2.75, 3.05) is 18.0 Å². The number of cyclic esters (lactones) is 1. The Morgan fingerprint density at radius 1 is 1.54 bits per heavy atom. The normalized spacial score (nSPS) is 17.0. The predicted octanol–water partition coefficient (Wildman–Crippen LogP) is 2.96. The average molecular weight is 367 g/mol. The molecule has 1 aromatic heterocycles.